The van der Waals surface area contributed by atoms with E-state index in [0.29, 0.717) is 22.6 Å². The molecule has 0 saturated heterocycles. The normalized spacial score (nSPS) is 12.4. The third-order valence-electron chi connectivity index (χ3n) is 3.10. The maximum absolute atomic E-state index is 12.5. The van der Waals surface area contributed by atoms with Gasteiger partial charge in [-0.1, -0.05) is 27.7 Å². The molecule has 0 radical (unpaired) electrons. The number of hydrogen-bond acceptors (Lipinski definition) is 4. The minimum absolute atomic E-state index is 0.0876. The SMILES string of the molecule is CCn1c(SC(C)C(=O)NC)nc2ccc(Br)cc2c1=O. The van der Waals surface area contributed by atoms with Crippen molar-refractivity contribution in [1.29, 1.82) is 0 Å². The molecular weight excluding hydrogens is 354 g/mol. The number of benzene rings is 1. The van der Waals surface area contributed by atoms with Crippen molar-refractivity contribution in [1.82, 2.24) is 14.9 Å². The largest absolute Gasteiger partial charge is 0.358 e. The van der Waals surface area contributed by atoms with Crippen LogP contribution in [0.5, 0.6) is 0 Å². The molecule has 7 heteroatoms. The number of rotatable bonds is 4. The van der Waals surface area contributed by atoms with E-state index in [1.54, 1.807) is 30.7 Å². The molecule has 0 saturated carbocycles. The molecule has 1 heterocycles. The monoisotopic (exact) mass is 369 g/mol. The van der Waals surface area contributed by atoms with E-state index in [0.717, 1.165) is 4.47 Å². The van der Waals surface area contributed by atoms with Crippen molar-refractivity contribution in [3.05, 3.63) is 33.0 Å². The molecule has 112 valence electrons. The first-order valence-corrected chi connectivity index (χ1v) is 8.23. The third kappa shape index (κ3) is 3.29. The summed E-state index contributed by atoms with van der Waals surface area (Å²) in [5.74, 6) is -0.0900. The summed E-state index contributed by atoms with van der Waals surface area (Å²) >= 11 is 4.65. The van der Waals surface area contributed by atoms with Crippen LogP contribution in [0, 0.1) is 0 Å². The number of amides is 1. The number of hydrogen-bond donors (Lipinski definition) is 1. The Balaban J connectivity index is 2.56. The third-order valence-corrected chi connectivity index (χ3v) is 4.68. The van der Waals surface area contributed by atoms with Crippen molar-refractivity contribution in [2.45, 2.75) is 30.8 Å². The van der Waals surface area contributed by atoms with E-state index < -0.39 is 0 Å². The fourth-order valence-corrected chi connectivity index (χ4v) is 3.35. The molecule has 2 rings (SSSR count). The Labute approximate surface area is 135 Å². The molecule has 1 aromatic carbocycles. The molecule has 0 aliphatic carbocycles. The van der Waals surface area contributed by atoms with Crippen LogP contribution in [-0.2, 0) is 11.3 Å². The quantitative estimate of drug-likeness (QED) is 0.663. The molecule has 1 amide bonds. The first kappa shape index (κ1) is 16.0. The molecule has 0 spiro atoms. The Morgan fingerprint density at radius 3 is 2.86 bits per heavy atom. The Morgan fingerprint density at radius 1 is 1.52 bits per heavy atom. The number of carbonyl (C=O) groups excluding carboxylic acids is 1. The summed E-state index contributed by atoms with van der Waals surface area (Å²) in [6.45, 7) is 4.19. The van der Waals surface area contributed by atoms with Gasteiger partial charge in [-0.3, -0.25) is 14.2 Å². The second kappa shape index (κ2) is 6.62. The summed E-state index contributed by atoms with van der Waals surface area (Å²) in [4.78, 5) is 28.7. The van der Waals surface area contributed by atoms with Crippen molar-refractivity contribution in [3.8, 4) is 0 Å². The van der Waals surface area contributed by atoms with Gasteiger partial charge in [0.2, 0.25) is 5.91 Å². The summed E-state index contributed by atoms with van der Waals surface area (Å²) in [5, 5.41) is 3.42. The van der Waals surface area contributed by atoms with Gasteiger partial charge in [-0.25, -0.2) is 4.98 Å². The van der Waals surface area contributed by atoms with Crippen molar-refractivity contribution in [2.24, 2.45) is 0 Å². The average Bonchev–Trinajstić information content (AvgIpc) is 2.47. The molecule has 0 fully saturated rings. The van der Waals surface area contributed by atoms with Gasteiger partial charge in [-0.2, -0.15) is 0 Å². The predicted molar refractivity (Wildman–Crippen MR) is 88.8 cm³/mol. The lowest BCUT2D eigenvalue weighted by Crippen LogP contribution is -2.29. The van der Waals surface area contributed by atoms with Crippen LogP contribution in [-0.4, -0.2) is 27.8 Å². The number of nitrogens with zero attached hydrogens (tertiary/aromatic N) is 2. The second-order valence-corrected chi connectivity index (χ2v) is 6.70. The zero-order chi connectivity index (χ0) is 15.6. The van der Waals surface area contributed by atoms with E-state index in [9.17, 15) is 9.59 Å². The van der Waals surface area contributed by atoms with E-state index in [1.165, 1.54) is 11.8 Å². The van der Waals surface area contributed by atoms with Gasteiger partial charge >= 0.3 is 0 Å². The lowest BCUT2D eigenvalue weighted by atomic mass is 10.2. The highest BCUT2D eigenvalue weighted by atomic mass is 79.9. The summed E-state index contributed by atoms with van der Waals surface area (Å²) in [6, 6.07) is 5.42. The first-order valence-electron chi connectivity index (χ1n) is 6.56. The second-order valence-electron chi connectivity index (χ2n) is 4.48. The zero-order valence-corrected chi connectivity index (χ0v) is 14.4. The maximum atomic E-state index is 12.5. The smallest absolute Gasteiger partial charge is 0.262 e. The Kier molecular flexibility index (Phi) is 5.05. The molecule has 1 aromatic heterocycles. The zero-order valence-electron chi connectivity index (χ0n) is 12.0. The van der Waals surface area contributed by atoms with E-state index in [1.807, 2.05) is 13.0 Å². The number of nitrogens with one attached hydrogen (secondary N) is 1. The van der Waals surface area contributed by atoms with Gasteiger partial charge in [0.15, 0.2) is 5.16 Å². The molecule has 0 bridgehead atoms. The standard InChI is InChI=1S/C14H16BrN3O2S/c1-4-18-13(20)10-7-9(15)5-6-11(10)17-14(18)21-8(2)12(19)16-3/h5-8H,4H2,1-3H3,(H,16,19). The van der Waals surface area contributed by atoms with Crippen LogP contribution < -0.4 is 10.9 Å². The molecule has 5 nitrogen and oxygen atoms in total. The van der Waals surface area contributed by atoms with E-state index in [4.69, 9.17) is 0 Å². The first-order chi connectivity index (χ1) is 9.97. The minimum Gasteiger partial charge on any atom is -0.358 e. The summed E-state index contributed by atoms with van der Waals surface area (Å²) < 4.78 is 2.44. The number of carbonyl (C=O) groups is 1. The predicted octanol–water partition coefficient (Wildman–Crippen LogP) is 2.41. The maximum Gasteiger partial charge on any atom is 0.262 e. The average molecular weight is 370 g/mol. The highest BCUT2D eigenvalue weighted by Crippen LogP contribution is 2.23. The van der Waals surface area contributed by atoms with Gasteiger partial charge in [0.05, 0.1) is 16.2 Å². The lowest BCUT2D eigenvalue weighted by molar-refractivity contribution is -0.119. The molecule has 0 aliphatic heterocycles. The summed E-state index contributed by atoms with van der Waals surface area (Å²) in [7, 11) is 1.59. The molecule has 1 atom stereocenters. The summed E-state index contributed by atoms with van der Waals surface area (Å²) in [5.41, 5.74) is 0.551. The van der Waals surface area contributed by atoms with E-state index >= 15 is 0 Å². The van der Waals surface area contributed by atoms with Gasteiger partial charge < -0.3 is 5.32 Å². The van der Waals surface area contributed by atoms with E-state index in [-0.39, 0.29) is 16.7 Å². The van der Waals surface area contributed by atoms with E-state index in [2.05, 4.69) is 26.2 Å². The van der Waals surface area contributed by atoms with Gasteiger partial charge in [0, 0.05) is 18.1 Å². The minimum atomic E-state index is -0.312. The fourth-order valence-electron chi connectivity index (χ4n) is 1.96. The molecule has 21 heavy (non-hydrogen) atoms. The van der Waals surface area contributed by atoms with Crippen molar-refractivity contribution < 1.29 is 4.79 Å². The summed E-state index contributed by atoms with van der Waals surface area (Å²) in [6.07, 6.45) is 0. The van der Waals surface area contributed by atoms with Crippen molar-refractivity contribution >= 4 is 44.5 Å². The topological polar surface area (TPSA) is 64.0 Å². The fraction of sp³-hybridized carbons (Fsp3) is 0.357. The molecule has 1 N–H and O–H groups in total. The molecule has 0 aliphatic rings. The van der Waals surface area contributed by atoms with Gasteiger partial charge in [0.1, 0.15) is 0 Å². The van der Waals surface area contributed by atoms with Crippen LogP contribution in [0.1, 0.15) is 13.8 Å². The van der Waals surface area contributed by atoms with Crippen molar-refractivity contribution in [2.75, 3.05) is 7.05 Å². The van der Waals surface area contributed by atoms with Crippen LogP contribution in [0.15, 0.2) is 32.6 Å². The Hall–Kier alpha value is -1.34. The van der Waals surface area contributed by atoms with Gasteiger partial charge in [-0.05, 0) is 32.0 Å². The van der Waals surface area contributed by atoms with Gasteiger partial charge in [-0.15, -0.1) is 0 Å². The molecule has 1 unspecified atom stereocenters. The van der Waals surface area contributed by atoms with Crippen LogP contribution in [0.2, 0.25) is 0 Å². The van der Waals surface area contributed by atoms with Crippen LogP contribution in [0.25, 0.3) is 10.9 Å². The molecule has 2 aromatic rings. The molecular formula is C14H16BrN3O2S. The van der Waals surface area contributed by atoms with Crippen molar-refractivity contribution in [3.63, 3.8) is 0 Å². The van der Waals surface area contributed by atoms with Gasteiger partial charge in [0.25, 0.3) is 5.56 Å². The van der Waals surface area contributed by atoms with Crippen LogP contribution >= 0.6 is 27.7 Å². The number of aromatic nitrogens is 2. The van der Waals surface area contributed by atoms with Crippen LogP contribution in [0.4, 0.5) is 0 Å². The Morgan fingerprint density at radius 2 is 2.24 bits per heavy atom. The Bertz CT molecular complexity index is 745. The number of halogens is 1. The lowest BCUT2D eigenvalue weighted by Gasteiger charge is -2.14. The number of fused-ring (bicyclic) bond motifs is 1. The highest BCUT2D eigenvalue weighted by Gasteiger charge is 2.18. The van der Waals surface area contributed by atoms with Crippen LogP contribution in [0.3, 0.4) is 0 Å². The highest BCUT2D eigenvalue weighted by molar-refractivity contribution is 9.10. The number of thioether (sulfide) groups is 1.